The predicted molar refractivity (Wildman–Crippen MR) is 76.8 cm³/mol. The SMILES string of the molecule is CC(OS(=O)[O-])c1ccccc1C(=O)c1cnoc1C1CC1. The zero-order valence-electron chi connectivity index (χ0n) is 11.9. The van der Waals surface area contributed by atoms with Crippen LogP contribution in [0, 0.1) is 0 Å². The van der Waals surface area contributed by atoms with Crippen LogP contribution in [0.3, 0.4) is 0 Å². The van der Waals surface area contributed by atoms with Gasteiger partial charge in [-0.15, -0.1) is 0 Å². The number of aromatic nitrogens is 1. The van der Waals surface area contributed by atoms with E-state index < -0.39 is 17.5 Å². The van der Waals surface area contributed by atoms with Crippen LogP contribution in [0.15, 0.2) is 35.0 Å². The molecule has 7 heteroatoms. The minimum Gasteiger partial charge on any atom is -0.750 e. The Balaban J connectivity index is 1.95. The van der Waals surface area contributed by atoms with Gasteiger partial charge in [0.15, 0.2) is 11.5 Å². The molecule has 1 fully saturated rings. The second-order valence-corrected chi connectivity index (χ2v) is 5.84. The van der Waals surface area contributed by atoms with Gasteiger partial charge in [-0.25, -0.2) is 4.21 Å². The second-order valence-electron chi connectivity index (χ2n) is 5.24. The van der Waals surface area contributed by atoms with E-state index in [2.05, 4.69) is 5.16 Å². The van der Waals surface area contributed by atoms with E-state index in [9.17, 15) is 13.6 Å². The van der Waals surface area contributed by atoms with Crippen molar-refractivity contribution in [1.82, 2.24) is 5.16 Å². The number of nitrogens with zero attached hydrogens (tertiary/aromatic N) is 1. The quantitative estimate of drug-likeness (QED) is 0.600. The van der Waals surface area contributed by atoms with Gasteiger partial charge in [0.05, 0.1) is 29.2 Å². The van der Waals surface area contributed by atoms with E-state index in [0.717, 1.165) is 12.8 Å². The molecule has 1 aromatic carbocycles. The molecule has 3 rings (SSSR count). The van der Waals surface area contributed by atoms with Gasteiger partial charge in [0.2, 0.25) is 0 Å². The maximum Gasteiger partial charge on any atom is 0.198 e. The van der Waals surface area contributed by atoms with Crippen LogP contribution in [0.1, 0.15) is 59.0 Å². The Kier molecular flexibility index (Phi) is 4.19. The van der Waals surface area contributed by atoms with Crippen molar-refractivity contribution in [1.29, 1.82) is 0 Å². The first-order valence-corrected chi connectivity index (χ1v) is 7.92. The third-order valence-electron chi connectivity index (χ3n) is 3.66. The lowest BCUT2D eigenvalue weighted by Gasteiger charge is -2.17. The number of rotatable bonds is 6. The molecule has 116 valence electrons. The molecule has 1 saturated carbocycles. The lowest BCUT2D eigenvalue weighted by atomic mass is 9.95. The maximum atomic E-state index is 12.8. The van der Waals surface area contributed by atoms with Crippen LogP contribution in [0.25, 0.3) is 0 Å². The number of carbonyl (C=O) groups is 1. The van der Waals surface area contributed by atoms with Crippen LogP contribution >= 0.6 is 0 Å². The normalized spacial score (nSPS) is 17.2. The highest BCUT2D eigenvalue weighted by atomic mass is 32.2. The molecule has 1 aliphatic rings. The van der Waals surface area contributed by atoms with E-state index in [-0.39, 0.29) is 11.7 Å². The number of hydrogen-bond donors (Lipinski definition) is 0. The Hall–Kier alpha value is -1.83. The molecule has 0 spiro atoms. The Bertz CT molecular complexity index is 722. The molecule has 1 heterocycles. The van der Waals surface area contributed by atoms with Gasteiger partial charge in [-0.05, 0) is 25.3 Å². The fraction of sp³-hybridized carbons (Fsp3) is 0.333. The van der Waals surface area contributed by atoms with E-state index in [4.69, 9.17) is 8.71 Å². The monoisotopic (exact) mass is 320 g/mol. The molecule has 22 heavy (non-hydrogen) atoms. The van der Waals surface area contributed by atoms with Crippen LogP contribution in [-0.4, -0.2) is 19.7 Å². The minimum absolute atomic E-state index is 0.231. The lowest BCUT2D eigenvalue weighted by molar-refractivity contribution is 0.103. The number of hydrogen-bond acceptors (Lipinski definition) is 6. The molecule has 0 saturated heterocycles. The molecule has 2 atom stereocenters. The van der Waals surface area contributed by atoms with Crippen LogP contribution < -0.4 is 0 Å². The molecule has 0 bridgehead atoms. The van der Waals surface area contributed by atoms with E-state index in [1.165, 1.54) is 6.20 Å². The third kappa shape index (κ3) is 3.01. The summed E-state index contributed by atoms with van der Waals surface area (Å²) in [5, 5.41) is 3.73. The van der Waals surface area contributed by atoms with Crippen molar-refractivity contribution < 1.29 is 22.3 Å². The summed E-state index contributed by atoms with van der Waals surface area (Å²) < 4.78 is 31.4. The van der Waals surface area contributed by atoms with Gasteiger partial charge in [-0.3, -0.25) is 8.98 Å². The Labute approximate surface area is 129 Å². The highest BCUT2D eigenvalue weighted by molar-refractivity contribution is 7.74. The number of benzene rings is 1. The summed E-state index contributed by atoms with van der Waals surface area (Å²) in [7, 11) is 0. The van der Waals surface area contributed by atoms with Crippen molar-refractivity contribution in [3.05, 3.63) is 52.9 Å². The zero-order chi connectivity index (χ0) is 15.7. The highest BCUT2D eigenvalue weighted by Gasteiger charge is 2.33. The maximum absolute atomic E-state index is 12.8. The van der Waals surface area contributed by atoms with Crippen molar-refractivity contribution in [2.45, 2.75) is 31.8 Å². The second kappa shape index (κ2) is 6.12. The van der Waals surface area contributed by atoms with Crippen LogP contribution in [-0.2, 0) is 15.5 Å². The largest absolute Gasteiger partial charge is 0.750 e. The van der Waals surface area contributed by atoms with Crippen molar-refractivity contribution >= 4 is 17.1 Å². The molecule has 2 aromatic rings. The Morgan fingerprint density at radius 3 is 2.82 bits per heavy atom. The molecule has 0 amide bonds. The molecular weight excluding hydrogens is 306 g/mol. The molecule has 1 aromatic heterocycles. The molecule has 6 nitrogen and oxygen atoms in total. The fourth-order valence-electron chi connectivity index (χ4n) is 2.43. The van der Waals surface area contributed by atoms with Crippen LogP contribution in [0.4, 0.5) is 0 Å². The Morgan fingerprint density at radius 2 is 2.14 bits per heavy atom. The molecule has 1 aliphatic carbocycles. The standard InChI is InChI=1S/C15H15NO5S/c1-9(21-22(18)19)11-4-2-3-5-12(11)14(17)13-8-16-20-15(13)10-6-7-10/h2-5,8-10H,6-7H2,1H3,(H,18,19)/p-1. The van der Waals surface area contributed by atoms with Crippen molar-refractivity contribution in [2.24, 2.45) is 0 Å². The van der Waals surface area contributed by atoms with Gasteiger partial charge in [0, 0.05) is 11.5 Å². The smallest absolute Gasteiger partial charge is 0.198 e. The summed E-state index contributed by atoms with van der Waals surface area (Å²) in [4.78, 5) is 12.8. The molecular formula is C15H14NO5S-. The van der Waals surface area contributed by atoms with Gasteiger partial charge in [-0.2, -0.15) is 0 Å². The number of carbonyl (C=O) groups excluding carboxylic acids is 1. The van der Waals surface area contributed by atoms with Crippen LogP contribution in [0.5, 0.6) is 0 Å². The highest BCUT2D eigenvalue weighted by Crippen LogP contribution is 2.42. The summed E-state index contributed by atoms with van der Waals surface area (Å²) in [6.07, 6.45) is 2.66. The van der Waals surface area contributed by atoms with E-state index in [1.807, 2.05) is 0 Å². The summed E-state index contributed by atoms with van der Waals surface area (Å²) in [5.74, 6) is 0.642. The van der Waals surface area contributed by atoms with Gasteiger partial charge >= 0.3 is 0 Å². The van der Waals surface area contributed by atoms with Crippen LogP contribution in [0.2, 0.25) is 0 Å². The first-order valence-electron chi connectivity index (χ1n) is 6.92. The van der Waals surface area contributed by atoms with E-state index >= 15 is 0 Å². The number of ketones is 1. The average Bonchev–Trinajstić information content (AvgIpc) is 3.23. The topological polar surface area (TPSA) is 92.5 Å². The van der Waals surface area contributed by atoms with E-state index in [1.54, 1.807) is 31.2 Å². The molecule has 0 N–H and O–H groups in total. The summed E-state index contributed by atoms with van der Waals surface area (Å²) in [6, 6.07) is 6.78. The lowest BCUT2D eigenvalue weighted by Crippen LogP contribution is -2.11. The van der Waals surface area contributed by atoms with Gasteiger partial charge in [0.25, 0.3) is 0 Å². The van der Waals surface area contributed by atoms with Crippen molar-refractivity contribution in [3.63, 3.8) is 0 Å². The fourth-order valence-corrected chi connectivity index (χ4v) is 2.77. The third-order valence-corrected chi connectivity index (χ3v) is 4.10. The average molecular weight is 320 g/mol. The predicted octanol–water partition coefficient (Wildman–Crippen LogP) is 2.65. The Morgan fingerprint density at radius 1 is 1.41 bits per heavy atom. The van der Waals surface area contributed by atoms with Gasteiger partial charge in [0.1, 0.15) is 0 Å². The first kappa shape index (κ1) is 15.1. The summed E-state index contributed by atoms with van der Waals surface area (Å²) >= 11 is -2.65. The van der Waals surface area contributed by atoms with E-state index in [0.29, 0.717) is 22.5 Å². The zero-order valence-corrected chi connectivity index (χ0v) is 12.7. The van der Waals surface area contributed by atoms with Gasteiger partial charge in [-0.1, -0.05) is 29.4 Å². The minimum atomic E-state index is -2.65. The summed E-state index contributed by atoms with van der Waals surface area (Å²) in [6.45, 7) is 1.58. The first-order chi connectivity index (χ1) is 10.6. The van der Waals surface area contributed by atoms with Gasteiger partial charge < -0.3 is 9.08 Å². The molecule has 2 unspecified atom stereocenters. The molecule has 0 radical (unpaired) electrons. The summed E-state index contributed by atoms with van der Waals surface area (Å²) in [5.41, 5.74) is 1.34. The van der Waals surface area contributed by atoms with Crippen molar-refractivity contribution in [2.75, 3.05) is 0 Å². The van der Waals surface area contributed by atoms with Crippen molar-refractivity contribution in [3.8, 4) is 0 Å². The molecule has 0 aliphatic heterocycles.